The van der Waals surface area contributed by atoms with Gasteiger partial charge in [0.2, 0.25) is 5.65 Å². The van der Waals surface area contributed by atoms with Gasteiger partial charge in [-0.25, -0.2) is 9.38 Å². The normalized spacial score (nSPS) is 11.6. The minimum absolute atomic E-state index is 0.0950. The summed E-state index contributed by atoms with van der Waals surface area (Å²) in [6.07, 6.45) is 3.60. The standard InChI is InChI=1S/C12H13N3/c1-12(2,3)9-5-6-10-14-7-11(13-4)15(10)8-9/h5-8H,1-3H3. The summed E-state index contributed by atoms with van der Waals surface area (Å²) in [5.74, 6) is 0.566. The summed E-state index contributed by atoms with van der Waals surface area (Å²) in [4.78, 5) is 7.59. The third-order valence-corrected chi connectivity index (χ3v) is 2.47. The van der Waals surface area contributed by atoms with Gasteiger partial charge in [-0.2, -0.15) is 0 Å². The zero-order valence-corrected chi connectivity index (χ0v) is 9.15. The Morgan fingerprint density at radius 2 is 2.07 bits per heavy atom. The van der Waals surface area contributed by atoms with Crippen molar-refractivity contribution in [2.45, 2.75) is 26.2 Å². The van der Waals surface area contributed by atoms with Crippen LogP contribution < -0.4 is 0 Å². The van der Waals surface area contributed by atoms with Crippen LogP contribution in [0.1, 0.15) is 26.3 Å². The van der Waals surface area contributed by atoms with Crippen molar-refractivity contribution in [2.24, 2.45) is 0 Å². The summed E-state index contributed by atoms with van der Waals surface area (Å²) < 4.78 is 1.84. The van der Waals surface area contributed by atoms with Crippen LogP contribution >= 0.6 is 0 Å². The maximum Gasteiger partial charge on any atom is 0.254 e. The quantitative estimate of drug-likeness (QED) is 0.597. The third kappa shape index (κ3) is 1.59. The number of hydrogen-bond acceptors (Lipinski definition) is 1. The third-order valence-electron chi connectivity index (χ3n) is 2.47. The molecule has 0 aliphatic rings. The average molecular weight is 199 g/mol. The van der Waals surface area contributed by atoms with Crippen molar-refractivity contribution in [1.29, 1.82) is 0 Å². The summed E-state index contributed by atoms with van der Waals surface area (Å²) in [5.41, 5.74) is 2.13. The molecule has 15 heavy (non-hydrogen) atoms. The summed E-state index contributed by atoms with van der Waals surface area (Å²) in [6, 6.07) is 4.02. The Labute approximate surface area is 89.2 Å². The maximum atomic E-state index is 7.03. The fourth-order valence-corrected chi connectivity index (χ4v) is 1.49. The highest BCUT2D eigenvalue weighted by atomic mass is 15.1. The molecule has 0 N–H and O–H groups in total. The predicted octanol–water partition coefficient (Wildman–Crippen LogP) is 3.18. The van der Waals surface area contributed by atoms with E-state index in [2.05, 4.69) is 36.7 Å². The van der Waals surface area contributed by atoms with E-state index in [4.69, 9.17) is 6.57 Å². The molecule has 2 aromatic rings. The van der Waals surface area contributed by atoms with Crippen molar-refractivity contribution in [2.75, 3.05) is 0 Å². The topological polar surface area (TPSA) is 21.7 Å². The van der Waals surface area contributed by atoms with Crippen LogP contribution in [-0.4, -0.2) is 9.38 Å². The van der Waals surface area contributed by atoms with Crippen LogP contribution in [0.4, 0.5) is 5.82 Å². The van der Waals surface area contributed by atoms with Gasteiger partial charge >= 0.3 is 0 Å². The molecule has 0 aliphatic heterocycles. The second kappa shape index (κ2) is 3.09. The molecule has 2 aromatic heterocycles. The van der Waals surface area contributed by atoms with Crippen LogP contribution in [-0.2, 0) is 5.41 Å². The predicted molar refractivity (Wildman–Crippen MR) is 60.2 cm³/mol. The summed E-state index contributed by atoms with van der Waals surface area (Å²) in [6.45, 7) is 13.5. The number of hydrogen-bond donors (Lipinski definition) is 0. The second-order valence-corrected chi connectivity index (χ2v) is 4.62. The first kappa shape index (κ1) is 9.72. The van der Waals surface area contributed by atoms with E-state index in [9.17, 15) is 0 Å². The molecule has 0 bridgehead atoms. The molecule has 0 unspecified atom stereocenters. The van der Waals surface area contributed by atoms with Crippen molar-refractivity contribution in [3.63, 3.8) is 0 Å². The van der Waals surface area contributed by atoms with Crippen LogP contribution in [0.5, 0.6) is 0 Å². The number of fused-ring (bicyclic) bond motifs is 1. The number of rotatable bonds is 0. The van der Waals surface area contributed by atoms with Gasteiger partial charge in [0, 0.05) is 6.07 Å². The zero-order chi connectivity index (χ0) is 11.1. The van der Waals surface area contributed by atoms with Gasteiger partial charge in [0.25, 0.3) is 5.82 Å². The van der Waals surface area contributed by atoms with E-state index in [-0.39, 0.29) is 5.41 Å². The molecule has 3 heteroatoms. The van der Waals surface area contributed by atoms with Gasteiger partial charge in [-0.3, -0.25) is 0 Å². The molecule has 0 aromatic carbocycles. The minimum atomic E-state index is 0.0950. The molecule has 76 valence electrons. The molecule has 3 nitrogen and oxygen atoms in total. The summed E-state index contributed by atoms with van der Waals surface area (Å²) in [5, 5.41) is 0. The molecule has 0 saturated heterocycles. The number of nitrogens with zero attached hydrogens (tertiary/aromatic N) is 3. The first-order valence-corrected chi connectivity index (χ1v) is 4.87. The van der Waals surface area contributed by atoms with E-state index in [1.165, 1.54) is 5.56 Å². The minimum Gasteiger partial charge on any atom is -0.362 e. The molecule has 0 radical (unpaired) electrons. The Hall–Kier alpha value is -1.82. The Balaban J connectivity index is 2.69. The molecule has 0 fully saturated rings. The van der Waals surface area contributed by atoms with Crippen molar-refractivity contribution < 1.29 is 0 Å². The highest BCUT2D eigenvalue weighted by Crippen LogP contribution is 2.24. The van der Waals surface area contributed by atoms with E-state index >= 15 is 0 Å². The summed E-state index contributed by atoms with van der Waals surface area (Å²) >= 11 is 0. The maximum absolute atomic E-state index is 7.03. The van der Waals surface area contributed by atoms with Crippen molar-refractivity contribution in [3.05, 3.63) is 41.5 Å². The van der Waals surface area contributed by atoms with Crippen LogP contribution in [0.2, 0.25) is 0 Å². The number of imidazole rings is 1. The smallest absolute Gasteiger partial charge is 0.254 e. The Kier molecular flexibility index (Phi) is 2.01. The van der Waals surface area contributed by atoms with Gasteiger partial charge in [-0.1, -0.05) is 27.3 Å². The van der Waals surface area contributed by atoms with Crippen LogP contribution in [0.25, 0.3) is 10.5 Å². The lowest BCUT2D eigenvalue weighted by molar-refractivity contribution is 0.587. The van der Waals surface area contributed by atoms with E-state index < -0.39 is 0 Å². The van der Waals surface area contributed by atoms with Crippen molar-refractivity contribution >= 4 is 11.5 Å². The van der Waals surface area contributed by atoms with Crippen molar-refractivity contribution in [3.8, 4) is 0 Å². The monoisotopic (exact) mass is 199 g/mol. The molecular weight excluding hydrogens is 186 g/mol. The molecular formula is C12H13N3. The Morgan fingerprint density at radius 3 is 2.67 bits per heavy atom. The fraction of sp³-hybridized carbons (Fsp3) is 0.333. The molecule has 2 rings (SSSR count). The molecule has 0 aliphatic carbocycles. The molecule has 0 spiro atoms. The van der Waals surface area contributed by atoms with Gasteiger partial charge in [0.1, 0.15) is 0 Å². The average Bonchev–Trinajstić information content (AvgIpc) is 2.57. The highest BCUT2D eigenvalue weighted by molar-refractivity contribution is 5.52. The molecule has 0 amide bonds. The SMILES string of the molecule is [C-]#[N+]c1cnc2ccc(C(C)(C)C)cn12. The molecule has 0 saturated carbocycles. The van der Waals surface area contributed by atoms with Crippen LogP contribution in [0.15, 0.2) is 24.5 Å². The van der Waals surface area contributed by atoms with Gasteiger partial charge in [0.05, 0.1) is 12.4 Å². The van der Waals surface area contributed by atoms with Crippen molar-refractivity contribution in [1.82, 2.24) is 9.38 Å². The van der Waals surface area contributed by atoms with E-state index in [0.29, 0.717) is 5.82 Å². The highest BCUT2D eigenvalue weighted by Gasteiger charge is 2.16. The van der Waals surface area contributed by atoms with Gasteiger partial charge in [-0.15, -0.1) is 0 Å². The first-order valence-electron chi connectivity index (χ1n) is 4.87. The largest absolute Gasteiger partial charge is 0.362 e. The Morgan fingerprint density at radius 1 is 1.33 bits per heavy atom. The Bertz CT molecular complexity index is 538. The van der Waals surface area contributed by atoms with E-state index in [1.807, 2.05) is 16.7 Å². The van der Waals surface area contributed by atoms with Gasteiger partial charge < -0.3 is 4.85 Å². The molecule has 2 heterocycles. The van der Waals surface area contributed by atoms with E-state index in [1.54, 1.807) is 6.20 Å². The zero-order valence-electron chi connectivity index (χ0n) is 9.15. The van der Waals surface area contributed by atoms with Gasteiger partial charge in [0.15, 0.2) is 0 Å². The first-order chi connectivity index (χ1) is 7.02. The molecule has 0 atom stereocenters. The second-order valence-electron chi connectivity index (χ2n) is 4.62. The number of aromatic nitrogens is 2. The number of pyridine rings is 1. The van der Waals surface area contributed by atoms with Gasteiger partial charge in [-0.05, 0) is 17.0 Å². The lowest BCUT2D eigenvalue weighted by Gasteiger charge is -2.17. The fourth-order valence-electron chi connectivity index (χ4n) is 1.49. The van der Waals surface area contributed by atoms with Crippen LogP contribution in [0.3, 0.4) is 0 Å². The van der Waals surface area contributed by atoms with Crippen LogP contribution in [0, 0.1) is 6.57 Å². The summed E-state index contributed by atoms with van der Waals surface area (Å²) in [7, 11) is 0. The lowest BCUT2D eigenvalue weighted by atomic mass is 9.88. The van der Waals surface area contributed by atoms with E-state index in [0.717, 1.165) is 5.65 Å². The lowest BCUT2D eigenvalue weighted by Crippen LogP contribution is -2.11.